The molecule has 0 rings (SSSR count). The Balaban J connectivity index is 0. The topological polar surface area (TPSA) is 183 Å². The molecule has 0 aromatic carbocycles. The van der Waals surface area contributed by atoms with E-state index in [1.54, 1.807) is 0 Å². The van der Waals surface area contributed by atoms with Gasteiger partial charge in [0.05, 0.1) is 59.1 Å². The molecule has 2 atom stereocenters. The lowest BCUT2D eigenvalue weighted by Crippen LogP contribution is -2.43. The van der Waals surface area contributed by atoms with Crippen molar-refractivity contribution in [3.8, 4) is 0 Å². The summed E-state index contributed by atoms with van der Waals surface area (Å²) in [5.41, 5.74) is -4.32. The fraction of sp³-hybridized carbons (Fsp3) is 1.00. The normalized spacial score (nSPS) is 16.9. The molecule has 2 unspecified atom stereocenters. The molecule has 46 heavy (non-hydrogen) atoms. The SMILES string of the molecule is CC(C)(COCC(C)(COCC(F)(F)C(F)(F)F)COS(C)(=O)=O)COCC(C)(COCC(F)(F)C(F)(F)F)COS(=O)(=O)[O-].[NH4+]. The van der Waals surface area contributed by atoms with Crippen molar-refractivity contribution in [1.82, 2.24) is 6.15 Å². The van der Waals surface area contributed by atoms with Crippen LogP contribution in [0.4, 0.5) is 43.9 Å². The minimum absolute atomic E-state index is 0. The summed E-state index contributed by atoms with van der Waals surface area (Å²) in [7, 11) is -9.40. The van der Waals surface area contributed by atoms with E-state index in [9.17, 15) is 65.3 Å². The van der Waals surface area contributed by atoms with Crippen LogP contribution in [0.5, 0.6) is 0 Å². The third-order valence-corrected chi connectivity index (χ3v) is 6.31. The van der Waals surface area contributed by atoms with Crippen LogP contribution in [0.3, 0.4) is 0 Å². The van der Waals surface area contributed by atoms with E-state index in [1.807, 2.05) is 0 Å². The van der Waals surface area contributed by atoms with E-state index in [-0.39, 0.29) is 19.4 Å². The van der Waals surface area contributed by atoms with Crippen molar-refractivity contribution in [2.45, 2.75) is 51.9 Å². The molecule has 280 valence electrons. The highest BCUT2D eigenvalue weighted by Crippen LogP contribution is 2.37. The molecule has 0 saturated heterocycles. The molecule has 0 spiro atoms. The Bertz CT molecular complexity index is 1050. The third kappa shape index (κ3) is 19.0. The van der Waals surface area contributed by atoms with Crippen LogP contribution < -0.4 is 6.15 Å². The van der Waals surface area contributed by atoms with Crippen LogP contribution in [0.2, 0.25) is 0 Å². The summed E-state index contributed by atoms with van der Waals surface area (Å²) in [4.78, 5) is 0. The monoisotopic (exact) mass is 747 g/mol. The summed E-state index contributed by atoms with van der Waals surface area (Å²) in [6, 6.07) is 0. The first-order valence-corrected chi connectivity index (χ1v) is 15.5. The van der Waals surface area contributed by atoms with Gasteiger partial charge < -0.3 is 29.7 Å². The Labute approximate surface area is 260 Å². The highest BCUT2D eigenvalue weighted by atomic mass is 32.3. The van der Waals surface area contributed by atoms with Gasteiger partial charge in [-0.05, 0) is 0 Å². The molecule has 0 aliphatic rings. The summed E-state index contributed by atoms with van der Waals surface area (Å²) >= 11 is 0. The fourth-order valence-electron chi connectivity index (χ4n) is 2.92. The summed E-state index contributed by atoms with van der Waals surface area (Å²) < 4.78 is 211. The zero-order valence-electron chi connectivity index (χ0n) is 25.7. The summed E-state index contributed by atoms with van der Waals surface area (Å²) in [5.74, 6) is -10.4. The molecule has 12 nitrogen and oxygen atoms in total. The molecule has 0 bridgehead atoms. The van der Waals surface area contributed by atoms with E-state index in [2.05, 4.69) is 17.8 Å². The molecule has 0 aliphatic carbocycles. The quantitative estimate of drug-likeness (QED) is 0.0721. The number of ether oxygens (including phenoxy) is 4. The molecule has 0 heterocycles. The molecule has 0 amide bonds. The molecule has 0 aromatic heterocycles. The second kappa shape index (κ2) is 17.0. The lowest BCUT2D eigenvalue weighted by atomic mass is 9.92. The van der Waals surface area contributed by atoms with Gasteiger partial charge in [0.1, 0.15) is 13.2 Å². The summed E-state index contributed by atoms with van der Waals surface area (Å²) in [6.45, 7) is -4.15. The van der Waals surface area contributed by atoms with Crippen molar-refractivity contribution in [2.24, 2.45) is 16.2 Å². The van der Waals surface area contributed by atoms with Gasteiger partial charge in [-0.15, -0.1) is 0 Å². The number of halogens is 10. The standard InChI is InChI=1S/C22H36F10O11S2.H3N/c1-16(2,6-38-8-17(3,12-42-44(5,33)34)10-40-14-19(23,24)21(27,28)29)7-39-9-18(4,13-43-45(35,36)37)11-41-15-20(25,26)22(30,31)32;/h6-15H2,1-5H3,(H,35,36,37);1H3. The van der Waals surface area contributed by atoms with Crippen molar-refractivity contribution in [1.29, 1.82) is 0 Å². The van der Waals surface area contributed by atoms with Crippen LogP contribution in [0.1, 0.15) is 27.7 Å². The van der Waals surface area contributed by atoms with Crippen molar-refractivity contribution in [3.05, 3.63) is 0 Å². The molecule has 24 heteroatoms. The van der Waals surface area contributed by atoms with Gasteiger partial charge in [-0.3, -0.25) is 8.37 Å². The van der Waals surface area contributed by atoms with Gasteiger partial charge >= 0.3 is 24.2 Å². The lowest BCUT2D eigenvalue weighted by molar-refractivity contribution is -0.298. The van der Waals surface area contributed by atoms with Gasteiger partial charge in [0.15, 0.2) is 0 Å². The summed E-state index contributed by atoms with van der Waals surface area (Å²) in [6.07, 6.45) is -11.2. The van der Waals surface area contributed by atoms with Gasteiger partial charge in [0, 0.05) is 16.2 Å². The maximum atomic E-state index is 13.2. The van der Waals surface area contributed by atoms with Gasteiger partial charge in [-0.25, -0.2) is 8.42 Å². The van der Waals surface area contributed by atoms with E-state index in [4.69, 9.17) is 9.47 Å². The van der Waals surface area contributed by atoms with Crippen LogP contribution in [0, 0.1) is 16.2 Å². The van der Waals surface area contributed by atoms with E-state index in [1.165, 1.54) is 20.8 Å². The van der Waals surface area contributed by atoms with Gasteiger partial charge in [0.25, 0.3) is 10.1 Å². The number of quaternary nitrogens is 1. The Morgan fingerprint density at radius 3 is 1.04 bits per heavy atom. The molecule has 0 radical (unpaired) electrons. The predicted molar refractivity (Wildman–Crippen MR) is 138 cm³/mol. The molecule has 0 aromatic rings. The molecule has 4 N–H and O–H groups in total. The third-order valence-electron chi connectivity index (χ3n) is 5.36. The van der Waals surface area contributed by atoms with E-state index in [0.717, 1.165) is 6.92 Å². The number of hydrogen-bond acceptors (Lipinski definition) is 11. The first-order chi connectivity index (χ1) is 19.7. The second-order valence-electron chi connectivity index (χ2n) is 11.8. The van der Waals surface area contributed by atoms with Crippen molar-refractivity contribution < 1.29 is 92.6 Å². The van der Waals surface area contributed by atoms with E-state index >= 15 is 0 Å². The average Bonchev–Trinajstić information content (AvgIpc) is 2.79. The highest BCUT2D eigenvalue weighted by molar-refractivity contribution is 7.86. The number of rotatable bonds is 22. The lowest BCUT2D eigenvalue weighted by Gasteiger charge is -2.33. The fourth-order valence-corrected chi connectivity index (χ4v) is 3.85. The van der Waals surface area contributed by atoms with Crippen LogP contribution in [-0.2, 0) is 47.8 Å². The van der Waals surface area contributed by atoms with Crippen molar-refractivity contribution >= 4 is 20.5 Å². The maximum Gasteiger partial charge on any atom is 0.455 e. The van der Waals surface area contributed by atoms with Crippen molar-refractivity contribution in [2.75, 3.05) is 72.3 Å². The number of hydrogen-bond donors (Lipinski definition) is 1. The average molecular weight is 748 g/mol. The maximum absolute atomic E-state index is 13.2. The van der Waals surface area contributed by atoms with Crippen LogP contribution >= 0.6 is 0 Å². The molecule has 0 aliphatic heterocycles. The minimum atomic E-state index is -5.94. The minimum Gasteiger partial charge on any atom is -0.726 e. The van der Waals surface area contributed by atoms with Gasteiger partial charge in [0.2, 0.25) is 10.4 Å². The Hall–Kier alpha value is -1.12. The Morgan fingerprint density at radius 2 is 0.783 bits per heavy atom. The van der Waals surface area contributed by atoms with Crippen LogP contribution in [0.15, 0.2) is 0 Å². The van der Waals surface area contributed by atoms with Crippen LogP contribution in [-0.4, -0.2) is 118 Å². The molecular weight excluding hydrogens is 708 g/mol. The van der Waals surface area contributed by atoms with Gasteiger partial charge in [-0.1, -0.05) is 27.7 Å². The predicted octanol–water partition coefficient (Wildman–Crippen LogP) is 4.32. The highest BCUT2D eigenvalue weighted by Gasteiger charge is 2.58. The summed E-state index contributed by atoms with van der Waals surface area (Å²) in [5, 5.41) is 0. The van der Waals surface area contributed by atoms with Gasteiger partial charge in [-0.2, -0.15) is 52.3 Å². The van der Waals surface area contributed by atoms with E-state index in [0.29, 0.717) is 6.26 Å². The smallest absolute Gasteiger partial charge is 0.455 e. The Kier molecular flexibility index (Phi) is 17.4. The molecule has 0 fully saturated rings. The second-order valence-corrected chi connectivity index (χ2v) is 14.5. The Morgan fingerprint density at radius 1 is 0.500 bits per heavy atom. The van der Waals surface area contributed by atoms with E-state index < -0.39 is 114 Å². The van der Waals surface area contributed by atoms with Crippen molar-refractivity contribution in [3.63, 3.8) is 0 Å². The first-order valence-electron chi connectivity index (χ1n) is 12.4. The first kappa shape index (κ1) is 47.0. The zero-order chi connectivity index (χ0) is 35.8. The molecule has 0 saturated carbocycles. The van der Waals surface area contributed by atoms with Crippen LogP contribution in [0.25, 0.3) is 0 Å². The zero-order valence-corrected chi connectivity index (χ0v) is 27.3. The largest absolute Gasteiger partial charge is 0.726 e. The molecular formula is C22H39F10NO11S2. The number of alkyl halides is 10.